The summed E-state index contributed by atoms with van der Waals surface area (Å²) in [6, 6.07) is 20.0. The van der Waals surface area contributed by atoms with E-state index in [2.05, 4.69) is 41.5 Å². The molecule has 0 aliphatic carbocycles. The normalized spacial score (nSPS) is 8.30. The molecular weight excluding hydrogens is 571 g/mol. The van der Waals surface area contributed by atoms with Crippen molar-refractivity contribution in [2.75, 3.05) is 37.0 Å². The molecule has 0 bridgehead atoms. The van der Waals surface area contributed by atoms with Gasteiger partial charge in [-0.25, -0.2) is 12.1 Å². The molecule has 0 spiro atoms. The van der Waals surface area contributed by atoms with Gasteiger partial charge in [0.2, 0.25) is 0 Å². The van der Waals surface area contributed by atoms with E-state index in [0.717, 1.165) is 0 Å². The molecule has 2 aromatic rings. The molecule has 5 heteroatoms. The van der Waals surface area contributed by atoms with Crippen molar-refractivity contribution in [2.45, 2.75) is 41.5 Å². The van der Waals surface area contributed by atoms with Gasteiger partial charge in [0.05, 0.1) is 37.0 Å². The Morgan fingerprint density at radius 2 is 0.741 bits per heavy atom. The van der Waals surface area contributed by atoms with E-state index in [1.807, 2.05) is 60.7 Å². The van der Waals surface area contributed by atoms with Gasteiger partial charge in [0.25, 0.3) is 0 Å². The second-order valence-electron chi connectivity index (χ2n) is 5.55. The van der Waals surface area contributed by atoms with Crippen molar-refractivity contribution in [3.63, 3.8) is 0 Å². The smallest absolute Gasteiger partial charge is 0.0543 e. The minimum absolute atomic E-state index is 0. The molecule has 0 nitrogen and oxygen atoms in total. The van der Waals surface area contributed by atoms with Gasteiger partial charge < -0.3 is 30.3 Å². The second kappa shape index (κ2) is 34.8. The third kappa shape index (κ3) is 32.2. The summed E-state index contributed by atoms with van der Waals surface area (Å²) in [6.45, 7) is 13.8. The van der Waals surface area contributed by atoms with Crippen molar-refractivity contribution in [3.05, 3.63) is 60.7 Å². The Morgan fingerprint density at radius 1 is 0.519 bits per heavy atom. The Hall–Kier alpha value is 1.34. The SMILES string of the molecule is CC[PH+](CC)CC.CC[PH+](CC)CC.[Ni].[Ni].[Te].[cH-]1[cH-][cH-][cH-][cH-]1.c1cc[cH-]c1. The zero-order valence-electron chi connectivity index (χ0n) is 18.1. The first-order chi connectivity index (χ1) is 11.7. The fraction of sp³-hybridized carbons (Fsp3) is 0.545. The molecule has 0 aliphatic rings. The van der Waals surface area contributed by atoms with Crippen LogP contribution in [0.1, 0.15) is 41.5 Å². The molecule has 0 aromatic heterocycles. The van der Waals surface area contributed by atoms with Crippen LogP contribution < -0.4 is 0 Å². The fourth-order valence-electron chi connectivity index (χ4n) is 2.14. The van der Waals surface area contributed by atoms with E-state index in [0.29, 0.717) is 0 Å². The monoisotopic (exact) mass is 614 g/mol. The molecular formula is C22H42Ni2P2Te-4. The van der Waals surface area contributed by atoms with Crippen molar-refractivity contribution in [1.82, 2.24) is 0 Å². The van der Waals surface area contributed by atoms with E-state index < -0.39 is 0 Å². The van der Waals surface area contributed by atoms with Crippen LogP contribution in [0.4, 0.5) is 0 Å². The van der Waals surface area contributed by atoms with E-state index in [4.69, 9.17) is 0 Å². The molecule has 2 rings (SSSR count). The van der Waals surface area contributed by atoms with E-state index in [1.165, 1.54) is 37.0 Å². The standard InChI is InChI=1S/2C6H15P.2C5H5.2Ni.Te/c2*1-4-7(5-2)6-3;2*1-2-4-5-3-1;;;/h2*4-6H2,1-3H3;2*1-5H;;;/q;;-5;-1;;;/p+2. The molecule has 170 valence electrons. The Kier molecular flexibility index (Phi) is 50.1. The minimum atomic E-state index is 0. The third-order valence-corrected chi connectivity index (χ3v) is 10.1. The van der Waals surface area contributed by atoms with Gasteiger partial charge in [-0.15, -0.1) is 0 Å². The maximum absolute atomic E-state index is 2.31. The van der Waals surface area contributed by atoms with E-state index >= 15 is 0 Å². The maximum atomic E-state index is 2.31. The van der Waals surface area contributed by atoms with Gasteiger partial charge in [-0.1, -0.05) is 0 Å². The number of hydrogen-bond donors (Lipinski definition) is 0. The van der Waals surface area contributed by atoms with Gasteiger partial charge >= 0.3 is 0 Å². The number of hydrogen-bond acceptors (Lipinski definition) is 0. The van der Waals surface area contributed by atoms with Gasteiger partial charge in [-0.05, 0) is 57.4 Å². The predicted molar refractivity (Wildman–Crippen MR) is 130 cm³/mol. The van der Waals surface area contributed by atoms with Crippen LogP contribution in [0.3, 0.4) is 0 Å². The summed E-state index contributed by atoms with van der Waals surface area (Å²) in [5.74, 6) is 0. The summed E-state index contributed by atoms with van der Waals surface area (Å²) in [5, 5.41) is 0. The van der Waals surface area contributed by atoms with Gasteiger partial charge in [0.1, 0.15) is 0 Å². The largest absolute Gasteiger partial charge is 0.748 e. The molecule has 0 aliphatic heterocycles. The van der Waals surface area contributed by atoms with Gasteiger partial charge in [-0.3, -0.25) is 0 Å². The first-order valence-electron chi connectivity index (χ1n) is 9.70. The summed E-state index contributed by atoms with van der Waals surface area (Å²) >= 11 is 0. The summed E-state index contributed by atoms with van der Waals surface area (Å²) in [5.41, 5.74) is 0. The summed E-state index contributed by atoms with van der Waals surface area (Å²) in [6.07, 6.45) is 8.74. The molecule has 27 heavy (non-hydrogen) atoms. The Morgan fingerprint density at radius 3 is 0.815 bits per heavy atom. The van der Waals surface area contributed by atoms with E-state index in [9.17, 15) is 0 Å². The van der Waals surface area contributed by atoms with E-state index in [-0.39, 0.29) is 72.5 Å². The third-order valence-electron chi connectivity index (χ3n) is 4.11. The molecule has 0 saturated carbocycles. The molecule has 0 unspecified atom stereocenters. The van der Waals surface area contributed by atoms with Crippen molar-refractivity contribution < 1.29 is 33.0 Å². The van der Waals surface area contributed by atoms with Crippen LogP contribution in [0, 0.1) is 0 Å². The van der Waals surface area contributed by atoms with Gasteiger partial charge in [0.15, 0.2) is 0 Å². The van der Waals surface area contributed by atoms with Gasteiger partial charge in [-0.2, -0.15) is 18.2 Å². The molecule has 0 heterocycles. The molecule has 2 radical (unpaired) electrons. The summed E-state index contributed by atoms with van der Waals surface area (Å²) in [7, 11) is 0.275. The van der Waals surface area contributed by atoms with Crippen molar-refractivity contribution in [2.24, 2.45) is 0 Å². The van der Waals surface area contributed by atoms with Crippen molar-refractivity contribution in [1.29, 1.82) is 0 Å². The number of rotatable bonds is 6. The average molecular weight is 614 g/mol. The van der Waals surface area contributed by atoms with Crippen LogP contribution in [0.5, 0.6) is 0 Å². The quantitative estimate of drug-likeness (QED) is 0.188. The Labute approximate surface area is 210 Å². The zero-order chi connectivity index (χ0) is 18.5. The van der Waals surface area contributed by atoms with E-state index in [1.54, 1.807) is 0 Å². The maximum Gasteiger partial charge on any atom is 0.0543 e. The summed E-state index contributed by atoms with van der Waals surface area (Å²) in [4.78, 5) is 0. The molecule has 0 atom stereocenters. The fourth-order valence-corrected chi connectivity index (χ4v) is 5.14. The summed E-state index contributed by atoms with van der Waals surface area (Å²) < 4.78 is 0. The predicted octanol–water partition coefficient (Wildman–Crippen LogP) is 6.95. The molecule has 0 N–H and O–H groups in total. The molecule has 0 amide bonds. The van der Waals surface area contributed by atoms with Crippen molar-refractivity contribution >= 4 is 39.5 Å². The Balaban J connectivity index is -0.0000000773. The van der Waals surface area contributed by atoms with Crippen LogP contribution in [0.2, 0.25) is 0 Å². The zero-order valence-corrected chi connectivity index (χ0v) is 24.4. The minimum Gasteiger partial charge on any atom is -0.748 e. The van der Waals surface area contributed by atoms with Crippen molar-refractivity contribution in [3.8, 4) is 0 Å². The topological polar surface area (TPSA) is 0 Å². The van der Waals surface area contributed by atoms with Crippen LogP contribution in [-0.2, 0) is 33.0 Å². The van der Waals surface area contributed by atoms with Crippen LogP contribution in [-0.4, -0.2) is 60.6 Å². The molecule has 0 saturated heterocycles. The van der Waals surface area contributed by atoms with Gasteiger partial charge in [0, 0.05) is 56.6 Å². The molecule has 2 aromatic carbocycles. The second-order valence-corrected chi connectivity index (χ2v) is 12.8. The van der Waals surface area contributed by atoms with Crippen LogP contribution in [0.15, 0.2) is 60.7 Å². The Bertz CT molecular complexity index is 289. The average Bonchev–Trinajstić information content (AvgIpc) is 3.37. The van der Waals surface area contributed by atoms with Crippen LogP contribution in [0.25, 0.3) is 0 Å². The first kappa shape index (κ1) is 38.9. The van der Waals surface area contributed by atoms with Crippen LogP contribution >= 0.6 is 15.8 Å². The molecule has 0 fully saturated rings. The first-order valence-corrected chi connectivity index (χ1v) is 13.9.